The first-order chi connectivity index (χ1) is 6.65. The summed E-state index contributed by atoms with van der Waals surface area (Å²) in [4.78, 5) is 23.0. The molecule has 1 N–H and O–H groups in total. The fraction of sp³-hybridized carbons (Fsp3) is 0.500. The van der Waals surface area contributed by atoms with Gasteiger partial charge in [-0.25, -0.2) is 4.79 Å². The quantitative estimate of drug-likeness (QED) is 0.361. The molecule has 2 heterocycles. The van der Waals surface area contributed by atoms with Crippen molar-refractivity contribution in [2.24, 2.45) is 0 Å². The Hall–Kier alpha value is -0.963. The Labute approximate surface area is 97.7 Å². The minimum atomic E-state index is -1.17. The van der Waals surface area contributed by atoms with E-state index < -0.39 is 24.8 Å². The number of aliphatic carboxylic acids is 1. The van der Waals surface area contributed by atoms with Gasteiger partial charge in [0.2, 0.25) is 5.91 Å². The number of rotatable bonds is 2. The Bertz CT molecular complexity index is 329. The van der Waals surface area contributed by atoms with Crippen molar-refractivity contribution in [1.82, 2.24) is 4.90 Å². The maximum absolute atomic E-state index is 11.1. The minimum absolute atomic E-state index is 0. The largest absolute Gasteiger partial charge is 1.00 e. The van der Waals surface area contributed by atoms with Gasteiger partial charge < -0.3 is 14.9 Å². The summed E-state index contributed by atoms with van der Waals surface area (Å²) in [6.45, 7) is -0.548. The maximum Gasteiger partial charge on any atom is 1.00 e. The first-order valence-corrected chi connectivity index (χ1v) is 4.14. The number of amides is 1. The monoisotopic (exact) mass is 205 g/mol. The van der Waals surface area contributed by atoms with Crippen molar-refractivity contribution in [2.75, 3.05) is 6.61 Å². The second-order valence-corrected chi connectivity index (χ2v) is 3.09. The van der Waals surface area contributed by atoms with Gasteiger partial charge in [-0.1, -0.05) is 6.08 Å². The molecule has 0 aromatic rings. The van der Waals surface area contributed by atoms with E-state index in [-0.39, 0.29) is 36.9 Å². The van der Waals surface area contributed by atoms with Gasteiger partial charge in [0.1, 0.15) is 5.76 Å². The standard InChI is InChI=1S/C8H8NO5.Li/c10-2-1-4-7(8(12)13)9-5(11)3-6(9)14-4;/h1,6-7H,2-3H2,(H,12,13);/q-1;+1/b4-1+;. The summed E-state index contributed by atoms with van der Waals surface area (Å²) in [5.41, 5.74) is 0. The van der Waals surface area contributed by atoms with Crippen molar-refractivity contribution in [1.29, 1.82) is 0 Å². The third-order valence-electron chi connectivity index (χ3n) is 2.29. The first kappa shape index (κ1) is 12.1. The van der Waals surface area contributed by atoms with Crippen LogP contribution in [-0.2, 0) is 14.3 Å². The summed E-state index contributed by atoms with van der Waals surface area (Å²) in [5, 5.41) is 19.1. The molecule has 2 unspecified atom stereocenters. The molecular formula is C8H8LiNO5. The fourth-order valence-corrected chi connectivity index (χ4v) is 1.65. The number of β-lactam (4-membered cyclic amide) rings is 1. The molecule has 2 aliphatic rings. The third-order valence-corrected chi connectivity index (χ3v) is 2.29. The summed E-state index contributed by atoms with van der Waals surface area (Å²) < 4.78 is 5.13. The number of nitrogens with zero attached hydrogens (tertiary/aromatic N) is 1. The van der Waals surface area contributed by atoms with Crippen LogP contribution in [0.5, 0.6) is 0 Å². The zero-order valence-electron chi connectivity index (χ0n) is 8.17. The second kappa shape index (κ2) is 4.27. The molecule has 2 rings (SSSR count). The molecular weight excluding hydrogens is 197 g/mol. The van der Waals surface area contributed by atoms with Crippen LogP contribution in [0.4, 0.5) is 0 Å². The summed E-state index contributed by atoms with van der Waals surface area (Å²) in [6.07, 6.45) is 0.867. The van der Waals surface area contributed by atoms with E-state index >= 15 is 0 Å². The van der Waals surface area contributed by atoms with E-state index in [0.717, 1.165) is 11.0 Å². The molecule has 1 amide bonds. The molecule has 76 valence electrons. The van der Waals surface area contributed by atoms with Gasteiger partial charge in [0.05, 0.1) is 6.42 Å². The Morgan fingerprint density at radius 3 is 2.87 bits per heavy atom. The van der Waals surface area contributed by atoms with Crippen molar-refractivity contribution < 1.29 is 43.4 Å². The Balaban J connectivity index is 0.00000112. The van der Waals surface area contributed by atoms with E-state index in [4.69, 9.17) is 9.84 Å². The van der Waals surface area contributed by atoms with Crippen LogP contribution >= 0.6 is 0 Å². The Kier molecular flexibility index (Phi) is 3.45. The second-order valence-electron chi connectivity index (χ2n) is 3.09. The third kappa shape index (κ3) is 1.76. The number of hydrogen-bond donors (Lipinski definition) is 1. The summed E-state index contributed by atoms with van der Waals surface area (Å²) >= 11 is 0. The molecule has 2 saturated heterocycles. The van der Waals surface area contributed by atoms with Gasteiger partial charge in [-0.3, -0.25) is 9.69 Å². The minimum Gasteiger partial charge on any atom is -0.851 e. The average molecular weight is 205 g/mol. The Morgan fingerprint density at radius 2 is 2.40 bits per heavy atom. The van der Waals surface area contributed by atoms with Crippen molar-refractivity contribution in [3.63, 3.8) is 0 Å². The summed E-state index contributed by atoms with van der Waals surface area (Å²) in [6, 6.07) is -1.10. The van der Waals surface area contributed by atoms with Crippen LogP contribution in [0, 0.1) is 0 Å². The van der Waals surface area contributed by atoms with Crippen LogP contribution in [0.1, 0.15) is 6.42 Å². The topological polar surface area (TPSA) is 89.9 Å². The van der Waals surface area contributed by atoms with Crippen molar-refractivity contribution in [3.05, 3.63) is 11.8 Å². The first-order valence-electron chi connectivity index (χ1n) is 4.14. The predicted molar refractivity (Wildman–Crippen MR) is 40.7 cm³/mol. The van der Waals surface area contributed by atoms with E-state index in [0.29, 0.717) is 0 Å². The van der Waals surface area contributed by atoms with Crippen molar-refractivity contribution in [3.8, 4) is 0 Å². The predicted octanol–water partition coefficient (Wildman–Crippen LogP) is -4.72. The van der Waals surface area contributed by atoms with Gasteiger partial charge in [0.25, 0.3) is 0 Å². The number of ether oxygens (including phenoxy) is 1. The number of hydrogen-bond acceptors (Lipinski definition) is 4. The molecule has 2 fully saturated rings. The molecule has 0 bridgehead atoms. The van der Waals surface area contributed by atoms with Crippen LogP contribution in [0.3, 0.4) is 0 Å². The molecule has 0 spiro atoms. The fourth-order valence-electron chi connectivity index (χ4n) is 1.65. The molecule has 7 heteroatoms. The van der Waals surface area contributed by atoms with E-state index in [1.54, 1.807) is 0 Å². The van der Waals surface area contributed by atoms with Gasteiger partial charge in [0.15, 0.2) is 12.3 Å². The molecule has 15 heavy (non-hydrogen) atoms. The number of fused-ring (bicyclic) bond motifs is 1. The molecule has 0 aromatic carbocycles. The van der Waals surface area contributed by atoms with Gasteiger partial charge in [-0.2, -0.15) is 0 Å². The number of carboxylic acids is 1. The van der Waals surface area contributed by atoms with E-state index in [1.807, 2.05) is 0 Å². The SMILES string of the molecule is O=C(O)C1/C(=C\C[O-])OC2CC(=O)N21.[Li+]. The van der Waals surface area contributed by atoms with Crippen LogP contribution in [0.15, 0.2) is 11.8 Å². The number of carbonyl (C=O) groups excluding carboxylic acids is 1. The molecule has 0 aliphatic carbocycles. The van der Waals surface area contributed by atoms with Gasteiger partial charge in [0, 0.05) is 0 Å². The summed E-state index contributed by atoms with van der Waals surface area (Å²) in [5.74, 6) is -1.33. The van der Waals surface area contributed by atoms with E-state index in [9.17, 15) is 14.7 Å². The maximum atomic E-state index is 11.1. The number of carbonyl (C=O) groups is 2. The summed E-state index contributed by atoms with van der Waals surface area (Å²) in [7, 11) is 0. The molecule has 6 nitrogen and oxygen atoms in total. The smallest absolute Gasteiger partial charge is 0.851 e. The molecule has 0 saturated carbocycles. The molecule has 2 atom stereocenters. The van der Waals surface area contributed by atoms with Crippen molar-refractivity contribution in [2.45, 2.75) is 18.7 Å². The van der Waals surface area contributed by atoms with Gasteiger partial charge >= 0.3 is 24.8 Å². The molecule has 2 aliphatic heterocycles. The van der Waals surface area contributed by atoms with Crippen LogP contribution < -0.4 is 24.0 Å². The van der Waals surface area contributed by atoms with Crippen LogP contribution in [0.25, 0.3) is 0 Å². The van der Waals surface area contributed by atoms with Crippen molar-refractivity contribution >= 4 is 11.9 Å². The normalized spacial score (nSPS) is 30.3. The number of carboxylic acid groups (broad SMARTS) is 1. The Morgan fingerprint density at radius 1 is 1.73 bits per heavy atom. The van der Waals surface area contributed by atoms with Crippen LogP contribution in [0.2, 0.25) is 0 Å². The zero-order valence-corrected chi connectivity index (χ0v) is 8.17. The molecule has 0 aromatic heterocycles. The van der Waals surface area contributed by atoms with Gasteiger partial charge in [-0.05, 0) is 0 Å². The van der Waals surface area contributed by atoms with E-state index in [2.05, 4.69) is 0 Å². The average Bonchev–Trinajstić information content (AvgIpc) is 2.39. The zero-order chi connectivity index (χ0) is 10.3. The van der Waals surface area contributed by atoms with Crippen LogP contribution in [-0.4, -0.2) is 40.8 Å². The molecule has 0 radical (unpaired) electrons. The van der Waals surface area contributed by atoms with E-state index in [1.165, 1.54) is 0 Å². The van der Waals surface area contributed by atoms with Gasteiger partial charge in [-0.15, -0.1) is 6.61 Å².